The maximum Gasteiger partial charge on any atom is 0.337 e. The molecule has 2 aliphatic heterocycles. The molecule has 146 valence electrons. The zero-order valence-corrected chi connectivity index (χ0v) is 17.1. The Balaban J connectivity index is 1.56. The Labute approximate surface area is 175 Å². The minimum Gasteiger partial charge on any atom is -0.465 e. The molecule has 0 unspecified atom stereocenters. The number of rotatable bonds is 3. The molecule has 0 N–H and O–H groups in total. The maximum absolute atomic E-state index is 11.8. The van der Waals surface area contributed by atoms with Crippen molar-refractivity contribution < 1.29 is 18.7 Å². The van der Waals surface area contributed by atoms with Gasteiger partial charge >= 0.3 is 5.97 Å². The van der Waals surface area contributed by atoms with E-state index in [4.69, 9.17) is 19.0 Å². The van der Waals surface area contributed by atoms with Gasteiger partial charge in [-0.15, -0.1) is 0 Å². The van der Waals surface area contributed by atoms with Crippen LogP contribution in [0.1, 0.15) is 45.9 Å². The van der Waals surface area contributed by atoms with Gasteiger partial charge in [0, 0.05) is 22.0 Å². The lowest BCUT2D eigenvalue weighted by molar-refractivity contribution is -0.0191. The molecule has 3 heterocycles. The van der Waals surface area contributed by atoms with Crippen LogP contribution in [0.5, 0.6) is 5.75 Å². The second-order valence-corrected chi connectivity index (χ2v) is 7.81. The van der Waals surface area contributed by atoms with E-state index in [1.807, 2.05) is 41.4 Å². The fourth-order valence-electron chi connectivity index (χ4n) is 3.77. The first-order valence-corrected chi connectivity index (χ1v) is 9.97. The van der Waals surface area contributed by atoms with Crippen molar-refractivity contribution in [2.24, 2.45) is 5.10 Å². The molecule has 5 rings (SSSR count). The molecule has 2 aromatic carbocycles. The van der Waals surface area contributed by atoms with E-state index in [0.29, 0.717) is 5.56 Å². The highest BCUT2D eigenvalue weighted by Crippen LogP contribution is 2.48. The number of nitrogens with zero attached hydrogens (tertiary/aromatic N) is 2. The number of furan rings is 1. The van der Waals surface area contributed by atoms with Crippen LogP contribution >= 0.6 is 15.9 Å². The Kier molecular flexibility index (Phi) is 4.39. The Bertz CT molecular complexity index is 1090. The van der Waals surface area contributed by atoms with Crippen LogP contribution in [0, 0.1) is 0 Å². The van der Waals surface area contributed by atoms with Gasteiger partial charge in [0.25, 0.3) is 0 Å². The molecule has 0 aliphatic carbocycles. The molecular weight excluding hydrogens is 436 g/mol. The topological polar surface area (TPSA) is 64.3 Å². The molecule has 3 aromatic rings. The lowest BCUT2D eigenvalue weighted by atomic mass is 9.97. The van der Waals surface area contributed by atoms with E-state index >= 15 is 0 Å². The average molecular weight is 453 g/mol. The lowest BCUT2D eigenvalue weighted by Crippen LogP contribution is -2.33. The van der Waals surface area contributed by atoms with Crippen molar-refractivity contribution in [3.05, 3.63) is 87.8 Å². The number of carbonyl (C=O) groups excluding carboxylic acids is 1. The van der Waals surface area contributed by atoms with Crippen molar-refractivity contribution in [3.8, 4) is 5.75 Å². The molecule has 0 fully saturated rings. The van der Waals surface area contributed by atoms with Crippen LogP contribution in [0.15, 0.2) is 74.9 Å². The number of benzene rings is 2. The number of methoxy groups -OCH3 is 1. The van der Waals surface area contributed by atoms with E-state index in [1.54, 1.807) is 18.4 Å². The van der Waals surface area contributed by atoms with Gasteiger partial charge in [0.1, 0.15) is 17.2 Å². The summed E-state index contributed by atoms with van der Waals surface area (Å²) >= 11 is 3.56. The van der Waals surface area contributed by atoms with E-state index in [2.05, 4.69) is 22.0 Å². The number of ether oxygens (including phenoxy) is 2. The molecule has 6 nitrogen and oxygen atoms in total. The van der Waals surface area contributed by atoms with E-state index in [1.165, 1.54) is 7.11 Å². The summed E-state index contributed by atoms with van der Waals surface area (Å²) in [4.78, 5) is 11.8. The van der Waals surface area contributed by atoms with E-state index < -0.39 is 6.23 Å². The van der Waals surface area contributed by atoms with Gasteiger partial charge in [0.15, 0.2) is 0 Å². The molecular formula is C22H17BrN2O4. The van der Waals surface area contributed by atoms with Gasteiger partial charge in [-0.1, -0.05) is 28.1 Å². The fourth-order valence-corrected chi connectivity index (χ4v) is 4.15. The highest BCUT2D eigenvalue weighted by Gasteiger charge is 2.41. The summed E-state index contributed by atoms with van der Waals surface area (Å²) in [5.41, 5.74) is 3.36. The van der Waals surface area contributed by atoms with Crippen molar-refractivity contribution in [3.63, 3.8) is 0 Å². The minimum absolute atomic E-state index is 0.0293. The Hall–Kier alpha value is -3.06. The molecule has 2 aliphatic rings. The summed E-state index contributed by atoms with van der Waals surface area (Å²) in [6.07, 6.45) is 1.96. The number of halogens is 1. The first-order chi connectivity index (χ1) is 14.1. The van der Waals surface area contributed by atoms with Crippen molar-refractivity contribution in [2.75, 3.05) is 7.11 Å². The molecule has 7 heteroatoms. The first kappa shape index (κ1) is 18.0. The van der Waals surface area contributed by atoms with Gasteiger partial charge in [-0.25, -0.2) is 9.80 Å². The molecule has 0 spiro atoms. The Morgan fingerprint density at radius 2 is 2.03 bits per heavy atom. The zero-order chi connectivity index (χ0) is 20.0. The fraction of sp³-hybridized carbons (Fsp3) is 0.182. The van der Waals surface area contributed by atoms with Gasteiger partial charge in [-0.3, -0.25) is 0 Å². The standard InChI is InChI=1S/C22H17BrN2O4/c1-27-22(26)14-6-4-13(5-7-14)21-25-18(12-17(24-25)20-3-2-10-28-20)16-11-15(23)8-9-19(16)29-21/h2-11,18,21H,12H2,1H3/t18-,21+/m1/s1. The van der Waals surface area contributed by atoms with Crippen molar-refractivity contribution in [1.29, 1.82) is 0 Å². The van der Waals surface area contributed by atoms with Crippen LogP contribution in [0.3, 0.4) is 0 Å². The number of fused-ring (bicyclic) bond motifs is 3. The summed E-state index contributed by atoms with van der Waals surface area (Å²) in [6, 6.07) is 17.0. The molecule has 1 aromatic heterocycles. The molecule has 2 atom stereocenters. The average Bonchev–Trinajstić information content (AvgIpc) is 3.43. The highest BCUT2D eigenvalue weighted by molar-refractivity contribution is 9.10. The van der Waals surface area contributed by atoms with Crippen LogP contribution in [-0.2, 0) is 4.74 Å². The normalized spacial score (nSPS) is 19.8. The summed E-state index contributed by atoms with van der Waals surface area (Å²) < 4.78 is 17.7. The van der Waals surface area contributed by atoms with Crippen LogP contribution in [0.2, 0.25) is 0 Å². The SMILES string of the molecule is COC(=O)c1ccc([C@@H]2Oc3ccc(Br)cc3[C@H]3CC(c4ccco4)=NN32)cc1. The van der Waals surface area contributed by atoms with Crippen LogP contribution in [-0.4, -0.2) is 23.8 Å². The van der Waals surface area contributed by atoms with Crippen LogP contribution in [0.25, 0.3) is 0 Å². The van der Waals surface area contributed by atoms with Crippen LogP contribution in [0.4, 0.5) is 0 Å². The van der Waals surface area contributed by atoms with Crippen molar-refractivity contribution >= 4 is 27.6 Å². The predicted molar refractivity (Wildman–Crippen MR) is 110 cm³/mol. The van der Waals surface area contributed by atoms with Gasteiger partial charge in [0.2, 0.25) is 6.23 Å². The van der Waals surface area contributed by atoms with Gasteiger partial charge < -0.3 is 13.9 Å². The van der Waals surface area contributed by atoms with Gasteiger partial charge in [0.05, 0.1) is 25.0 Å². The quantitative estimate of drug-likeness (QED) is 0.518. The van der Waals surface area contributed by atoms with Crippen molar-refractivity contribution in [2.45, 2.75) is 18.7 Å². The number of esters is 1. The summed E-state index contributed by atoms with van der Waals surface area (Å²) in [5.74, 6) is 1.22. The summed E-state index contributed by atoms with van der Waals surface area (Å²) in [5, 5.41) is 6.81. The third-order valence-corrected chi connectivity index (χ3v) is 5.67. The highest BCUT2D eigenvalue weighted by atomic mass is 79.9. The number of hydrogen-bond acceptors (Lipinski definition) is 6. The molecule has 29 heavy (non-hydrogen) atoms. The predicted octanol–water partition coefficient (Wildman–Crippen LogP) is 5.07. The van der Waals surface area contributed by atoms with E-state index in [0.717, 1.165) is 39.2 Å². The summed E-state index contributed by atoms with van der Waals surface area (Å²) in [6.45, 7) is 0. The Morgan fingerprint density at radius 1 is 1.21 bits per heavy atom. The lowest BCUT2D eigenvalue weighted by Gasteiger charge is -2.38. The molecule has 0 amide bonds. The minimum atomic E-state index is -0.409. The first-order valence-electron chi connectivity index (χ1n) is 9.18. The van der Waals surface area contributed by atoms with Crippen LogP contribution < -0.4 is 4.74 Å². The molecule has 0 saturated heterocycles. The van der Waals surface area contributed by atoms with Crippen molar-refractivity contribution in [1.82, 2.24) is 5.01 Å². The third kappa shape index (κ3) is 3.11. The molecule has 0 radical (unpaired) electrons. The van der Waals surface area contributed by atoms with E-state index in [9.17, 15) is 4.79 Å². The van der Waals surface area contributed by atoms with E-state index in [-0.39, 0.29) is 12.0 Å². The monoisotopic (exact) mass is 452 g/mol. The second-order valence-electron chi connectivity index (χ2n) is 6.89. The summed E-state index contributed by atoms with van der Waals surface area (Å²) in [7, 11) is 1.37. The third-order valence-electron chi connectivity index (χ3n) is 5.17. The largest absolute Gasteiger partial charge is 0.465 e. The molecule has 0 bridgehead atoms. The van der Waals surface area contributed by atoms with Gasteiger partial charge in [-0.2, -0.15) is 5.10 Å². The number of hydrazone groups is 1. The zero-order valence-electron chi connectivity index (χ0n) is 15.5. The number of hydrogen-bond donors (Lipinski definition) is 0. The Morgan fingerprint density at radius 3 is 2.76 bits per heavy atom. The second kappa shape index (κ2) is 7.08. The van der Waals surface area contributed by atoms with Gasteiger partial charge in [-0.05, 0) is 42.5 Å². The maximum atomic E-state index is 11.8. The molecule has 0 saturated carbocycles. The number of carbonyl (C=O) groups is 1. The smallest absolute Gasteiger partial charge is 0.337 e.